The second-order valence-corrected chi connectivity index (χ2v) is 6.11. The van der Waals surface area contributed by atoms with Crippen molar-refractivity contribution in [2.24, 2.45) is 0 Å². The zero-order valence-electron chi connectivity index (χ0n) is 15.1. The molecule has 0 unspecified atom stereocenters. The standard InChI is InChI=1S/C21H18O6/c1-12-4-9-18-16(10-12)17(22)11-19(27-18)21(24)26-13(2)20(23)14-5-7-15(25-3)8-6-14/h4-11,13H,1-3H3/t13-/m0/s1. The highest BCUT2D eigenvalue weighted by atomic mass is 16.6. The number of carbonyl (C=O) groups excluding carboxylic acids is 2. The maximum Gasteiger partial charge on any atom is 0.375 e. The van der Waals surface area contributed by atoms with Crippen LogP contribution in [0.5, 0.6) is 5.75 Å². The van der Waals surface area contributed by atoms with Gasteiger partial charge in [0.05, 0.1) is 12.5 Å². The molecule has 6 heteroatoms. The van der Waals surface area contributed by atoms with Crippen LogP contribution in [0.2, 0.25) is 0 Å². The number of hydrogen-bond acceptors (Lipinski definition) is 6. The molecule has 0 radical (unpaired) electrons. The maximum atomic E-state index is 12.4. The third-order valence-electron chi connectivity index (χ3n) is 4.11. The van der Waals surface area contributed by atoms with E-state index in [9.17, 15) is 14.4 Å². The largest absolute Gasteiger partial charge is 0.497 e. The first-order chi connectivity index (χ1) is 12.9. The molecule has 0 fully saturated rings. The van der Waals surface area contributed by atoms with Crippen molar-refractivity contribution in [1.82, 2.24) is 0 Å². The van der Waals surface area contributed by atoms with Gasteiger partial charge in [-0.15, -0.1) is 0 Å². The molecule has 1 atom stereocenters. The lowest BCUT2D eigenvalue weighted by Gasteiger charge is -2.12. The summed E-state index contributed by atoms with van der Waals surface area (Å²) in [5, 5.41) is 0.383. The average Bonchev–Trinajstić information content (AvgIpc) is 2.67. The fourth-order valence-electron chi connectivity index (χ4n) is 2.63. The number of rotatable bonds is 5. The van der Waals surface area contributed by atoms with E-state index in [0.29, 0.717) is 16.7 Å². The Morgan fingerprint density at radius 2 is 1.74 bits per heavy atom. The zero-order chi connectivity index (χ0) is 19.6. The topological polar surface area (TPSA) is 82.8 Å². The first kappa shape index (κ1) is 18.4. The quantitative estimate of drug-likeness (QED) is 0.507. The summed E-state index contributed by atoms with van der Waals surface area (Å²) in [6.07, 6.45) is -1.04. The molecule has 0 saturated carbocycles. The van der Waals surface area contributed by atoms with Gasteiger partial charge in [-0.25, -0.2) is 4.79 Å². The van der Waals surface area contributed by atoms with Gasteiger partial charge in [-0.3, -0.25) is 9.59 Å². The summed E-state index contributed by atoms with van der Waals surface area (Å²) in [5.41, 5.74) is 1.23. The van der Waals surface area contributed by atoms with E-state index in [4.69, 9.17) is 13.9 Å². The van der Waals surface area contributed by atoms with Crippen LogP contribution in [0.4, 0.5) is 0 Å². The van der Waals surface area contributed by atoms with Crippen molar-refractivity contribution < 1.29 is 23.5 Å². The van der Waals surface area contributed by atoms with Gasteiger partial charge in [0.15, 0.2) is 11.5 Å². The zero-order valence-corrected chi connectivity index (χ0v) is 15.1. The van der Waals surface area contributed by atoms with Crippen LogP contribution < -0.4 is 10.2 Å². The minimum absolute atomic E-state index is 0.245. The summed E-state index contributed by atoms with van der Waals surface area (Å²) < 4.78 is 15.7. The molecule has 0 aliphatic heterocycles. The molecule has 0 aliphatic carbocycles. The molecule has 0 bridgehead atoms. The molecular formula is C21H18O6. The Kier molecular flexibility index (Phi) is 5.07. The van der Waals surface area contributed by atoms with E-state index in [-0.39, 0.29) is 22.6 Å². The smallest absolute Gasteiger partial charge is 0.375 e. The Labute approximate surface area is 155 Å². The summed E-state index contributed by atoms with van der Waals surface area (Å²) in [7, 11) is 1.53. The van der Waals surface area contributed by atoms with Crippen molar-refractivity contribution in [2.45, 2.75) is 20.0 Å². The second-order valence-electron chi connectivity index (χ2n) is 6.11. The molecule has 1 aromatic heterocycles. The molecule has 0 N–H and O–H groups in total. The molecule has 0 saturated heterocycles. The molecule has 3 rings (SSSR count). The number of fused-ring (bicyclic) bond motifs is 1. The third-order valence-corrected chi connectivity index (χ3v) is 4.11. The fourth-order valence-corrected chi connectivity index (χ4v) is 2.63. The number of benzene rings is 2. The van der Waals surface area contributed by atoms with Crippen molar-refractivity contribution in [2.75, 3.05) is 7.11 Å². The van der Waals surface area contributed by atoms with E-state index in [2.05, 4.69) is 0 Å². The molecule has 1 heterocycles. The van der Waals surface area contributed by atoms with Crippen molar-refractivity contribution in [3.8, 4) is 5.75 Å². The first-order valence-electron chi connectivity index (χ1n) is 8.33. The maximum absolute atomic E-state index is 12.4. The average molecular weight is 366 g/mol. The third kappa shape index (κ3) is 3.89. The van der Waals surface area contributed by atoms with Crippen LogP contribution in [0.3, 0.4) is 0 Å². The number of esters is 1. The summed E-state index contributed by atoms with van der Waals surface area (Å²) in [5.74, 6) is -0.871. The minimum Gasteiger partial charge on any atom is -0.497 e. The summed E-state index contributed by atoms with van der Waals surface area (Å²) in [6.45, 7) is 3.32. The number of aryl methyl sites for hydroxylation is 1. The number of ketones is 1. The van der Waals surface area contributed by atoms with Gasteiger partial charge >= 0.3 is 5.97 Å². The highest BCUT2D eigenvalue weighted by Crippen LogP contribution is 2.17. The molecule has 6 nitrogen and oxygen atoms in total. The van der Waals surface area contributed by atoms with E-state index in [1.165, 1.54) is 14.0 Å². The SMILES string of the molecule is COc1ccc(C(=O)[C@H](C)OC(=O)c2cc(=O)c3cc(C)ccc3o2)cc1. The van der Waals surface area contributed by atoms with Gasteiger partial charge in [-0.1, -0.05) is 11.6 Å². The Balaban J connectivity index is 1.79. The van der Waals surface area contributed by atoms with Crippen LogP contribution in [0.25, 0.3) is 11.0 Å². The highest BCUT2D eigenvalue weighted by Gasteiger charge is 2.22. The molecular weight excluding hydrogens is 348 g/mol. The summed E-state index contributed by atoms with van der Waals surface area (Å²) >= 11 is 0. The molecule has 0 aliphatic rings. The molecule has 3 aromatic rings. The fraction of sp³-hybridized carbons (Fsp3) is 0.190. The normalized spacial score (nSPS) is 11.8. The highest BCUT2D eigenvalue weighted by molar-refractivity contribution is 6.01. The lowest BCUT2D eigenvalue weighted by atomic mass is 10.1. The second kappa shape index (κ2) is 7.45. The number of carbonyl (C=O) groups is 2. The Morgan fingerprint density at radius 1 is 1.04 bits per heavy atom. The summed E-state index contributed by atoms with van der Waals surface area (Å²) in [4.78, 5) is 37.0. The monoisotopic (exact) mass is 366 g/mol. The number of hydrogen-bond donors (Lipinski definition) is 0. The molecule has 0 amide bonds. The molecule has 138 valence electrons. The van der Waals surface area contributed by atoms with Crippen molar-refractivity contribution in [3.63, 3.8) is 0 Å². The van der Waals surface area contributed by atoms with E-state index < -0.39 is 12.1 Å². The molecule has 27 heavy (non-hydrogen) atoms. The first-order valence-corrected chi connectivity index (χ1v) is 8.33. The number of methoxy groups -OCH3 is 1. The van der Waals surface area contributed by atoms with Crippen LogP contribution in [0.1, 0.15) is 33.4 Å². The Morgan fingerprint density at radius 3 is 2.41 bits per heavy atom. The van der Waals surface area contributed by atoms with Gasteiger partial charge in [0, 0.05) is 11.6 Å². The summed E-state index contributed by atoms with van der Waals surface area (Å²) in [6, 6.07) is 12.6. The number of ether oxygens (including phenoxy) is 2. The lowest BCUT2D eigenvalue weighted by molar-refractivity contribution is 0.0289. The Hall–Kier alpha value is -3.41. The minimum atomic E-state index is -1.04. The predicted octanol–water partition coefficient (Wildman–Crippen LogP) is 3.54. The van der Waals surface area contributed by atoms with Crippen molar-refractivity contribution in [3.05, 3.63) is 75.6 Å². The lowest BCUT2D eigenvalue weighted by Crippen LogP contribution is -2.25. The van der Waals surface area contributed by atoms with Crippen LogP contribution in [-0.4, -0.2) is 25.0 Å². The van der Waals surface area contributed by atoms with Gasteiger partial charge in [-0.05, 0) is 50.2 Å². The van der Waals surface area contributed by atoms with Gasteiger partial charge in [-0.2, -0.15) is 0 Å². The van der Waals surface area contributed by atoms with Crippen LogP contribution in [-0.2, 0) is 4.74 Å². The van der Waals surface area contributed by atoms with Gasteiger partial charge in [0.2, 0.25) is 11.5 Å². The predicted molar refractivity (Wildman–Crippen MR) is 99.4 cm³/mol. The Bertz CT molecular complexity index is 1060. The van der Waals surface area contributed by atoms with E-state index in [0.717, 1.165) is 11.6 Å². The van der Waals surface area contributed by atoms with Crippen LogP contribution in [0, 0.1) is 6.92 Å². The van der Waals surface area contributed by atoms with Crippen LogP contribution in [0.15, 0.2) is 57.7 Å². The molecule has 2 aromatic carbocycles. The van der Waals surface area contributed by atoms with Crippen LogP contribution >= 0.6 is 0 Å². The van der Waals surface area contributed by atoms with Gasteiger partial charge < -0.3 is 13.9 Å². The molecule has 0 spiro atoms. The van der Waals surface area contributed by atoms with Crippen molar-refractivity contribution in [1.29, 1.82) is 0 Å². The van der Waals surface area contributed by atoms with E-state index >= 15 is 0 Å². The van der Waals surface area contributed by atoms with Gasteiger partial charge in [0.1, 0.15) is 11.3 Å². The number of Topliss-reactive ketones (excluding diaryl/α,β-unsaturated/α-hetero) is 1. The van der Waals surface area contributed by atoms with E-state index in [1.807, 2.05) is 6.92 Å². The van der Waals surface area contributed by atoms with Crippen molar-refractivity contribution >= 4 is 22.7 Å². The van der Waals surface area contributed by atoms with Gasteiger partial charge in [0.25, 0.3) is 0 Å². The van der Waals surface area contributed by atoms with E-state index in [1.54, 1.807) is 42.5 Å².